The number of nitrogens with one attached hydrogen (secondary N) is 2. The van der Waals surface area contributed by atoms with Gasteiger partial charge in [-0.3, -0.25) is 0 Å². The Bertz CT molecular complexity index is 842. The van der Waals surface area contributed by atoms with Gasteiger partial charge in [0, 0.05) is 31.9 Å². The fourth-order valence-electron chi connectivity index (χ4n) is 2.46. The van der Waals surface area contributed by atoms with E-state index in [-0.39, 0.29) is 0 Å². The van der Waals surface area contributed by atoms with Crippen molar-refractivity contribution in [3.63, 3.8) is 0 Å². The number of nitrogens with zero attached hydrogens (tertiary/aromatic N) is 2. The van der Waals surface area contributed by atoms with Gasteiger partial charge in [0.1, 0.15) is 5.82 Å². The maximum Gasteiger partial charge on any atom is 0.225 e. The summed E-state index contributed by atoms with van der Waals surface area (Å²) < 4.78 is 5.08. The van der Waals surface area contributed by atoms with Gasteiger partial charge in [0.05, 0.1) is 16.4 Å². The molecule has 2 N–H and O–H groups in total. The SMILES string of the molecule is COCCCNc1nc(Nc2ccccc2Cl)cc(-c2ccccc2)n1. The summed E-state index contributed by atoms with van der Waals surface area (Å²) in [6.45, 7) is 1.42. The minimum atomic E-state index is 0.567. The van der Waals surface area contributed by atoms with E-state index in [1.165, 1.54) is 0 Å². The molecular weight excluding hydrogens is 348 g/mol. The lowest BCUT2D eigenvalue weighted by Crippen LogP contribution is -2.09. The molecule has 3 aromatic rings. The monoisotopic (exact) mass is 368 g/mol. The molecule has 3 rings (SSSR count). The number of hydrogen-bond donors (Lipinski definition) is 2. The smallest absolute Gasteiger partial charge is 0.225 e. The molecule has 2 aromatic carbocycles. The second-order valence-corrected chi connectivity index (χ2v) is 6.11. The van der Waals surface area contributed by atoms with Crippen LogP contribution in [0.4, 0.5) is 17.5 Å². The molecule has 134 valence electrons. The molecule has 0 saturated carbocycles. The number of rotatable bonds is 8. The second-order valence-electron chi connectivity index (χ2n) is 5.71. The highest BCUT2D eigenvalue weighted by atomic mass is 35.5. The third kappa shape index (κ3) is 4.94. The molecule has 0 aliphatic rings. The standard InChI is InChI=1S/C20H21ClN4O/c1-26-13-7-12-22-20-24-18(15-8-3-2-4-9-15)14-19(25-20)23-17-11-6-5-10-16(17)21/h2-6,8-11,14H,7,12-13H2,1H3,(H2,22,23,24,25). The lowest BCUT2D eigenvalue weighted by molar-refractivity contribution is 0.197. The number of benzene rings is 2. The Hall–Kier alpha value is -2.63. The summed E-state index contributed by atoms with van der Waals surface area (Å²) in [5, 5.41) is 7.17. The number of halogens is 1. The van der Waals surface area contributed by atoms with Crippen LogP contribution >= 0.6 is 11.6 Å². The van der Waals surface area contributed by atoms with Gasteiger partial charge in [-0.25, -0.2) is 4.98 Å². The highest BCUT2D eigenvalue weighted by Crippen LogP contribution is 2.27. The van der Waals surface area contributed by atoms with Crippen molar-refractivity contribution in [3.05, 3.63) is 65.7 Å². The third-order valence-corrected chi connectivity index (χ3v) is 4.07. The number of methoxy groups -OCH3 is 1. The molecule has 0 spiro atoms. The highest BCUT2D eigenvalue weighted by molar-refractivity contribution is 6.33. The molecule has 0 fully saturated rings. The number of ether oxygens (including phenoxy) is 1. The molecule has 0 radical (unpaired) electrons. The Morgan fingerprint density at radius 2 is 1.77 bits per heavy atom. The Labute approximate surface area is 158 Å². The zero-order valence-electron chi connectivity index (χ0n) is 14.6. The van der Waals surface area contributed by atoms with Gasteiger partial charge in [0.25, 0.3) is 0 Å². The Balaban J connectivity index is 1.88. The first-order valence-corrected chi connectivity index (χ1v) is 8.83. The van der Waals surface area contributed by atoms with Gasteiger partial charge < -0.3 is 15.4 Å². The second kappa shape index (κ2) is 9.17. The van der Waals surface area contributed by atoms with E-state index in [1.54, 1.807) is 7.11 Å². The van der Waals surface area contributed by atoms with E-state index in [9.17, 15) is 0 Å². The predicted molar refractivity (Wildman–Crippen MR) is 107 cm³/mol. The van der Waals surface area contributed by atoms with Crippen LogP contribution < -0.4 is 10.6 Å². The molecule has 0 aliphatic carbocycles. The van der Waals surface area contributed by atoms with E-state index >= 15 is 0 Å². The molecule has 0 amide bonds. The van der Waals surface area contributed by atoms with Crippen molar-refractivity contribution in [1.29, 1.82) is 0 Å². The van der Waals surface area contributed by atoms with Crippen molar-refractivity contribution >= 4 is 29.1 Å². The van der Waals surface area contributed by atoms with Crippen LogP contribution in [0, 0.1) is 0 Å². The van der Waals surface area contributed by atoms with E-state index in [0.29, 0.717) is 23.4 Å². The molecule has 26 heavy (non-hydrogen) atoms. The largest absolute Gasteiger partial charge is 0.385 e. The van der Waals surface area contributed by atoms with Crippen molar-refractivity contribution in [2.45, 2.75) is 6.42 Å². The molecule has 0 aliphatic heterocycles. The van der Waals surface area contributed by atoms with Gasteiger partial charge in [-0.2, -0.15) is 4.98 Å². The minimum Gasteiger partial charge on any atom is -0.385 e. The number of hydrogen-bond acceptors (Lipinski definition) is 5. The maximum absolute atomic E-state index is 6.25. The number of para-hydroxylation sites is 1. The average Bonchev–Trinajstić information content (AvgIpc) is 2.68. The van der Waals surface area contributed by atoms with E-state index in [2.05, 4.69) is 20.6 Å². The van der Waals surface area contributed by atoms with Crippen LogP contribution in [-0.2, 0) is 4.74 Å². The summed E-state index contributed by atoms with van der Waals surface area (Å²) >= 11 is 6.25. The molecular formula is C20H21ClN4O. The molecule has 1 aromatic heterocycles. The van der Waals surface area contributed by atoms with Crippen molar-refractivity contribution in [3.8, 4) is 11.3 Å². The summed E-state index contributed by atoms with van der Waals surface area (Å²) in [7, 11) is 1.69. The van der Waals surface area contributed by atoms with E-state index in [0.717, 1.165) is 29.9 Å². The fourth-order valence-corrected chi connectivity index (χ4v) is 2.65. The first-order chi connectivity index (χ1) is 12.8. The molecule has 5 nitrogen and oxygen atoms in total. The van der Waals surface area contributed by atoms with Crippen molar-refractivity contribution < 1.29 is 4.74 Å². The molecule has 6 heteroatoms. The van der Waals surface area contributed by atoms with Crippen LogP contribution in [0.1, 0.15) is 6.42 Å². The fraction of sp³-hybridized carbons (Fsp3) is 0.200. The lowest BCUT2D eigenvalue weighted by atomic mass is 10.1. The van der Waals surface area contributed by atoms with Crippen molar-refractivity contribution in [1.82, 2.24) is 9.97 Å². The Morgan fingerprint density at radius 1 is 1.00 bits per heavy atom. The van der Waals surface area contributed by atoms with Crippen LogP contribution in [0.15, 0.2) is 60.7 Å². The van der Waals surface area contributed by atoms with E-state index in [1.807, 2.05) is 60.7 Å². The quantitative estimate of drug-likeness (QED) is 0.548. The van der Waals surface area contributed by atoms with E-state index < -0.39 is 0 Å². The van der Waals surface area contributed by atoms with Crippen LogP contribution in [0.3, 0.4) is 0 Å². The first-order valence-electron chi connectivity index (χ1n) is 8.45. The highest BCUT2D eigenvalue weighted by Gasteiger charge is 2.08. The minimum absolute atomic E-state index is 0.567. The Morgan fingerprint density at radius 3 is 2.54 bits per heavy atom. The third-order valence-electron chi connectivity index (χ3n) is 3.74. The topological polar surface area (TPSA) is 59.1 Å². The molecule has 0 saturated heterocycles. The van der Waals surface area contributed by atoms with Crippen LogP contribution in [-0.4, -0.2) is 30.2 Å². The molecule has 1 heterocycles. The van der Waals surface area contributed by atoms with Gasteiger partial charge in [0.15, 0.2) is 0 Å². The van der Waals surface area contributed by atoms with Crippen LogP contribution in [0.25, 0.3) is 11.3 Å². The van der Waals surface area contributed by atoms with E-state index in [4.69, 9.17) is 16.3 Å². The normalized spacial score (nSPS) is 10.5. The maximum atomic E-state index is 6.25. The zero-order chi connectivity index (χ0) is 18.2. The van der Waals surface area contributed by atoms with Gasteiger partial charge in [0.2, 0.25) is 5.95 Å². The lowest BCUT2D eigenvalue weighted by Gasteiger charge is -2.12. The average molecular weight is 369 g/mol. The summed E-state index contributed by atoms with van der Waals surface area (Å²) in [6, 6.07) is 19.5. The van der Waals surface area contributed by atoms with Gasteiger partial charge in [-0.1, -0.05) is 54.1 Å². The van der Waals surface area contributed by atoms with Gasteiger partial charge >= 0.3 is 0 Å². The van der Waals surface area contributed by atoms with Crippen molar-refractivity contribution in [2.75, 3.05) is 30.9 Å². The summed E-state index contributed by atoms with van der Waals surface area (Å²) in [5.74, 6) is 1.25. The van der Waals surface area contributed by atoms with Gasteiger partial charge in [-0.15, -0.1) is 0 Å². The number of aromatic nitrogens is 2. The van der Waals surface area contributed by atoms with Crippen LogP contribution in [0.2, 0.25) is 5.02 Å². The summed E-state index contributed by atoms with van der Waals surface area (Å²) in [5.41, 5.74) is 2.67. The Kier molecular flexibility index (Phi) is 6.41. The van der Waals surface area contributed by atoms with Crippen LogP contribution in [0.5, 0.6) is 0 Å². The predicted octanol–water partition coefficient (Wildman–Crippen LogP) is 4.99. The first kappa shape index (κ1) is 18.2. The summed E-state index contributed by atoms with van der Waals surface area (Å²) in [4.78, 5) is 9.19. The molecule has 0 bridgehead atoms. The molecule has 0 unspecified atom stereocenters. The zero-order valence-corrected chi connectivity index (χ0v) is 15.3. The van der Waals surface area contributed by atoms with Gasteiger partial charge in [-0.05, 0) is 18.6 Å². The molecule has 0 atom stereocenters. The number of anilines is 3. The van der Waals surface area contributed by atoms with Crippen molar-refractivity contribution in [2.24, 2.45) is 0 Å². The summed E-state index contributed by atoms with van der Waals surface area (Å²) in [6.07, 6.45) is 0.878.